The van der Waals surface area contributed by atoms with Crippen LogP contribution >= 0.6 is 0 Å². The molecule has 130 valence electrons. The van der Waals surface area contributed by atoms with Gasteiger partial charge in [-0.05, 0) is 37.8 Å². The van der Waals surface area contributed by atoms with Crippen LogP contribution in [-0.4, -0.2) is 47.6 Å². The lowest BCUT2D eigenvalue weighted by Gasteiger charge is -2.33. The van der Waals surface area contributed by atoms with Crippen molar-refractivity contribution in [3.63, 3.8) is 0 Å². The number of nitrogens with zero attached hydrogens (tertiary/aromatic N) is 1. The molecule has 1 aromatic rings. The number of rotatable bonds is 5. The molecule has 1 aromatic carbocycles. The van der Waals surface area contributed by atoms with Crippen molar-refractivity contribution < 1.29 is 23.0 Å². The Morgan fingerprint density at radius 1 is 1.17 bits per heavy atom. The summed E-state index contributed by atoms with van der Waals surface area (Å²) in [6, 6.07) is 7.83. The molecule has 6 heteroatoms. The molecule has 3 nitrogen and oxygen atoms in total. The van der Waals surface area contributed by atoms with E-state index in [9.17, 15) is 18.3 Å². The Kier molecular flexibility index (Phi) is 5.70. The van der Waals surface area contributed by atoms with Gasteiger partial charge in [0.1, 0.15) is 0 Å². The third-order valence-corrected chi connectivity index (χ3v) is 3.97. The Morgan fingerprint density at radius 2 is 1.78 bits per heavy atom. The maximum Gasteiger partial charge on any atom is 0.415 e. The zero-order valence-electron chi connectivity index (χ0n) is 13.6. The van der Waals surface area contributed by atoms with Crippen molar-refractivity contribution in [2.24, 2.45) is 0 Å². The predicted octanol–water partition coefficient (Wildman–Crippen LogP) is 3.15. The van der Waals surface area contributed by atoms with E-state index < -0.39 is 17.9 Å². The van der Waals surface area contributed by atoms with Gasteiger partial charge in [-0.1, -0.05) is 24.3 Å². The minimum Gasteiger partial charge on any atom is -0.390 e. The maximum atomic E-state index is 12.7. The molecule has 0 radical (unpaired) electrons. The second-order valence-corrected chi connectivity index (χ2v) is 6.77. The molecule has 0 unspecified atom stereocenters. The molecule has 0 bridgehead atoms. The molecule has 0 aromatic heterocycles. The molecule has 0 saturated carbocycles. The van der Waals surface area contributed by atoms with E-state index in [0.717, 1.165) is 17.5 Å². The number of morpholine rings is 1. The van der Waals surface area contributed by atoms with E-state index in [1.807, 2.05) is 24.3 Å². The highest BCUT2D eigenvalue weighted by atomic mass is 19.4. The number of ether oxygens (including phenoxy) is 1. The molecule has 1 fully saturated rings. The molecular weight excluding hydrogens is 307 g/mol. The first-order valence-electron chi connectivity index (χ1n) is 7.84. The first kappa shape index (κ1) is 18.2. The number of hydrogen-bond donors (Lipinski definition) is 1. The van der Waals surface area contributed by atoms with E-state index in [1.165, 1.54) is 0 Å². The normalized spacial score (nSPS) is 20.7. The molecule has 1 saturated heterocycles. The minimum absolute atomic E-state index is 0.105. The third-order valence-electron chi connectivity index (χ3n) is 3.97. The molecule has 1 N–H and O–H groups in total. The van der Waals surface area contributed by atoms with Crippen LogP contribution in [0.4, 0.5) is 13.2 Å². The topological polar surface area (TPSA) is 32.7 Å². The van der Waals surface area contributed by atoms with E-state index >= 15 is 0 Å². The van der Waals surface area contributed by atoms with E-state index in [1.54, 1.807) is 18.7 Å². The Bertz CT molecular complexity index is 494. The maximum absolute atomic E-state index is 12.7. The standard InChI is InChI=1S/C17H24F3NO2/c1-16(2,22)8-7-13-3-5-14(6-4-13)11-21-9-10-23-15(12-21)17(18,19)20/h3-6,15,22H,7-12H2,1-2H3/t15-/m0/s1. The molecule has 2 rings (SSSR count). The second-order valence-electron chi connectivity index (χ2n) is 6.77. The van der Waals surface area contributed by atoms with Gasteiger partial charge >= 0.3 is 6.18 Å². The van der Waals surface area contributed by atoms with Crippen molar-refractivity contribution >= 4 is 0 Å². The van der Waals surface area contributed by atoms with Crippen LogP contribution in [0.15, 0.2) is 24.3 Å². The molecular formula is C17H24F3NO2. The Balaban J connectivity index is 1.88. The number of halogens is 3. The lowest BCUT2D eigenvalue weighted by atomic mass is 9.98. The van der Waals surface area contributed by atoms with Crippen LogP contribution in [0.2, 0.25) is 0 Å². The summed E-state index contributed by atoms with van der Waals surface area (Å²) in [5.74, 6) is 0. The predicted molar refractivity (Wildman–Crippen MR) is 82.1 cm³/mol. The number of aliphatic hydroxyl groups is 1. The molecule has 0 amide bonds. The van der Waals surface area contributed by atoms with Gasteiger partial charge in [-0.3, -0.25) is 4.90 Å². The van der Waals surface area contributed by atoms with Crippen LogP contribution in [0.1, 0.15) is 31.4 Å². The van der Waals surface area contributed by atoms with Crippen molar-refractivity contribution in [3.8, 4) is 0 Å². The van der Waals surface area contributed by atoms with Crippen molar-refractivity contribution in [2.75, 3.05) is 19.7 Å². The van der Waals surface area contributed by atoms with E-state index in [4.69, 9.17) is 4.74 Å². The summed E-state index contributed by atoms with van der Waals surface area (Å²) in [6.07, 6.45) is -4.55. The van der Waals surface area contributed by atoms with Crippen molar-refractivity contribution in [2.45, 2.75) is 51.1 Å². The Labute approximate surface area is 135 Å². The molecule has 0 aliphatic carbocycles. The third kappa shape index (κ3) is 6.12. The summed E-state index contributed by atoms with van der Waals surface area (Å²) in [6.45, 7) is 4.53. The second kappa shape index (κ2) is 7.20. The van der Waals surface area contributed by atoms with E-state index in [0.29, 0.717) is 19.5 Å². The van der Waals surface area contributed by atoms with Crippen molar-refractivity contribution in [1.29, 1.82) is 0 Å². The number of hydrogen-bond acceptors (Lipinski definition) is 3. The van der Waals surface area contributed by atoms with Crippen LogP contribution in [0.3, 0.4) is 0 Å². The van der Waals surface area contributed by atoms with Gasteiger partial charge < -0.3 is 9.84 Å². The molecule has 23 heavy (non-hydrogen) atoms. The first-order valence-corrected chi connectivity index (χ1v) is 7.84. The summed E-state index contributed by atoms with van der Waals surface area (Å²) in [5, 5.41) is 9.73. The SMILES string of the molecule is CC(C)(O)CCc1ccc(CN2CCO[C@H](C(F)(F)F)C2)cc1. The quantitative estimate of drug-likeness (QED) is 0.900. The fourth-order valence-corrected chi connectivity index (χ4v) is 2.56. The average Bonchev–Trinajstić information content (AvgIpc) is 2.45. The largest absolute Gasteiger partial charge is 0.415 e. The summed E-state index contributed by atoms with van der Waals surface area (Å²) >= 11 is 0. The zero-order valence-corrected chi connectivity index (χ0v) is 13.6. The smallest absolute Gasteiger partial charge is 0.390 e. The highest BCUT2D eigenvalue weighted by Crippen LogP contribution is 2.26. The Hall–Kier alpha value is -1.11. The molecule has 1 aliphatic rings. The van der Waals surface area contributed by atoms with Gasteiger partial charge in [0, 0.05) is 19.6 Å². The fraction of sp³-hybridized carbons (Fsp3) is 0.647. The van der Waals surface area contributed by atoms with Gasteiger partial charge in [0.15, 0.2) is 6.10 Å². The van der Waals surface area contributed by atoms with Gasteiger partial charge in [0.25, 0.3) is 0 Å². The first-order chi connectivity index (χ1) is 10.6. The van der Waals surface area contributed by atoms with Crippen LogP contribution in [0.25, 0.3) is 0 Å². The minimum atomic E-state index is -4.31. The highest BCUT2D eigenvalue weighted by molar-refractivity contribution is 5.22. The fourth-order valence-electron chi connectivity index (χ4n) is 2.56. The summed E-state index contributed by atoms with van der Waals surface area (Å²) in [5.41, 5.74) is 1.41. The van der Waals surface area contributed by atoms with E-state index in [-0.39, 0.29) is 13.2 Å². The van der Waals surface area contributed by atoms with Crippen LogP contribution in [-0.2, 0) is 17.7 Å². The van der Waals surface area contributed by atoms with Crippen molar-refractivity contribution in [1.82, 2.24) is 4.90 Å². The number of aryl methyl sites for hydroxylation is 1. The molecule has 1 atom stereocenters. The number of benzene rings is 1. The highest BCUT2D eigenvalue weighted by Gasteiger charge is 2.43. The van der Waals surface area contributed by atoms with Crippen LogP contribution < -0.4 is 0 Å². The van der Waals surface area contributed by atoms with Crippen molar-refractivity contribution in [3.05, 3.63) is 35.4 Å². The summed E-state index contributed by atoms with van der Waals surface area (Å²) in [4.78, 5) is 1.77. The summed E-state index contributed by atoms with van der Waals surface area (Å²) < 4.78 is 42.9. The van der Waals surface area contributed by atoms with Gasteiger partial charge in [-0.25, -0.2) is 0 Å². The van der Waals surface area contributed by atoms with Crippen LogP contribution in [0.5, 0.6) is 0 Å². The van der Waals surface area contributed by atoms with Crippen LogP contribution in [0, 0.1) is 0 Å². The molecule has 1 aliphatic heterocycles. The Morgan fingerprint density at radius 3 is 2.35 bits per heavy atom. The average molecular weight is 331 g/mol. The number of alkyl halides is 3. The lowest BCUT2D eigenvalue weighted by Crippen LogP contribution is -2.48. The van der Waals surface area contributed by atoms with Gasteiger partial charge in [0.2, 0.25) is 0 Å². The monoisotopic (exact) mass is 331 g/mol. The van der Waals surface area contributed by atoms with Gasteiger partial charge in [0.05, 0.1) is 12.2 Å². The zero-order chi connectivity index (χ0) is 17.1. The lowest BCUT2D eigenvalue weighted by molar-refractivity contribution is -0.237. The van der Waals surface area contributed by atoms with Gasteiger partial charge in [-0.2, -0.15) is 13.2 Å². The van der Waals surface area contributed by atoms with Gasteiger partial charge in [-0.15, -0.1) is 0 Å². The summed E-state index contributed by atoms with van der Waals surface area (Å²) in [7, 11) is 0. The molecule has 0 spiro atoms. The van der Waals surface area contributed by atoms with E-state index in [2.05, 4.69) is 0 Å². The molecule has 1 heterocycles.